The summed E-state index contributed by atoms with van der Waals surface area (Å²) < 4.78 is 0.551. The fourth-order valence-corrected chi connectivity index (χ4v) is 3.47. The van der Waals surface area contributed by atoms with E-state index < -0.39 is 0 Å². The van der Waals surface area contributed by atoms with E-state index >= 15 is 0 Å². The van der Waals surface area contributed by atoms with Crippen LogP contribution in [-0.2, 0) is 5.75 Å². The van der Waals surface area contributed by atoms with Crippen LogP contribution in [-0.4, -0.2) is 4.92 Å². The van der Waals surface area contributed by atoms with Gasteiger partial charge in [0.05, 0.1) is 9.40 Å². The minimum absolute atomic E-state index is 0.0231. The van der Waals surface area contributed by atoms with E-state index in [-0.39, 0.29) is 16.7 Å². The number of nitrogens with two attached hydrogens (primary N) is 1. The van der Waals surface area contributed by atoms with Crippen LogP contribution in [0.25, 0.3) is 0 Å². The minimum Gasteiger partial charge on any atom is -0.324 e. The maximum atomic E-state index is 10.9. The molecule has 2 rings (SSSR count). The highest BCUT2D eigenvalue weighted by Crippen LogP contribution is 2.32. The first-order valence-electron chi connectivity index (χ1n) is 6.39. The maximum Gasteiger partial charge on any atom is 0.283 e. The summed E-state index contributed by atoms with van der Waals surface area (Å²) in [5.74, 6) is 0.666. The highest BCUT2D eigenvalue weighted by atomic mass is 79.9. The molecule has 21 heavy (non-hydrogen) atoms. The van der Waals surface area contributed by atoms with Gasteiger partial charge in [0, 0.05) is 22.8 Å². The second-order valence-electron chi connectivity index (χ2n) is 4.65. The van der Waals surface area contributed by atoms with Gasteiger partial charge in [0.15, 0.2) is 0 Å². The summed E-state index contributed by atoms with van der Waals surface area (Å²) >= 11 is 4.95. The van der Waals surface area contributed by atoms with Crippen molar-refractivity contribution in [2.24, 2.45) is 5.73 Å². The molecule has 0 fully saturated rings. The summed E-state index contributed by atoms with van der Waals surface area (Å²) in [5.41, 5.74) is 7.92. The van der Waals surface area contributed by atoms with Gasteiger partial charge in [-0.3, -0.25) is 10.1 Å². The predicted molar refractivity (Wildman–Crippen MR) is 89.4 cm³/mol. The summed E-state index contributed by atoms with van der Waals surface area (Å²) in [6.07, 6.45) is 0. The molecule has 0 saturated carbocycles. The highest BCUT2D eigenvalue weighted by Gasteiger charge is 2.14. The van der Waals surface area contributed by atoms with Gasteiger partial charge in [-0.1, -0.05) is 24.3 Å². The summed E-state index contributed by atoms with van der Waals surface area (Å²) in [6.45, 7) is 1.95. The number of benzene rings is 2. The average molecular weight is 367 g/mol. The number of nitrogens with zero attached hydrogens (tertiary/aromatic N) is 1. The molecule has 0 aromatic heterocycles. The second kappa shape index (κ2) is 7.06. The molecule has 0 aliphatic rings. The predicted octanol–water partition coefficient (Wildman–Crippen LogP) is 4.67. The Morgan fingerprint density at radius 3 is 2.52 bits per heavy atom. The highest BCUT2D eigenvalue weighted by molar-refractivity contribution is 9.10. The van der Waals surface area contributed by atoms with Gasteiger partial charge in [-0.15, -0.1) is 11.8 Å². The van der Waals surface area contributed by atoms with Crippen molar-refractivity contribution in [3.63, 3.8) is 0 Å². The van der Waals surface area contributed by atoms with Gasteiger partial charge < -0.3 is 5.73 Å². The van der Waals surface area contributed by atoms with Gasteiger partial charge in [-0.05, 0) is 46.1 Å². The molecular formula is C15H15BrN2O2S. The standard InChI is InChI=1S/C15H15BrN2O2S/c1-10(17)11-5-7-13(8-6-11)21-9-12-3-2-4-14(15(12)16)18(19)20/h2-8,10H,9,17H2,1H3. The molecule has 1 atom stereocenters. The lowest BCUT2D eigenvalue weighted by molar-refractivity contribution is -0.385. The fraction of sp³-hybridized carbons (Fsp3) is 0.200. The van der Waals surface area contributed by atoms with Crippen molar-refractivity contribution >= 4 is 33.4 Å². The van der Waals surface area contributed by atoms with E-state index in [1.165, 1.54) is 6.07 Å². The van der Waals surface area contributed by atoms with Crippen molar-refractivity contribution in [3.05, 3.63) is 68.2 Å². The number of halogens is 1. The van der Waals surface area contributed by atoms with E-state index in [0.717, 1.165) is 16.0 Å². The Balaban J connectivity index is 2.09. The molecule has 6 heteroatoms. The number of nitro groups is 1. The minimum atomic E-state index is -0.379. The van der Waals surface area contributed by atoms with Crippen LogP contribution in [0.15, 0.2) is 51.8 Å². The lowest BCUT2D eigenvalue weighted by atomic mass is 10.1. The van der Waals surface area contributed by atoms with Crippen molar-refractivity contribution in [2.45, 2.75) is 23.6 Å². The Bertz CT molecular complexity index is 645. The number of hydrogen-bond acceptors (Lipinski definition) is 4. The van der Waals surface area contributed by atoms with Gasteiger partial charge in [-0.25, -0.2) is 0 Å². The zero-order valence-corrected chi connectivity index (χ0v) is 13.9. The second-order valence-corrected chi connectivity index (χ2v) is 6.50. The third kappa shape index (κ3) is 4.06. The molecule has 0 heterocycles. The lowest BCUT2D eigenvalue weighted by Crippen LogP contribution is -2.04. The molecule has 110 valence electrons. The Morgan fingerprint density at radius 2 is 1.95 bits per heavy atom. The monoisotopic (exact) mass is 366 g/mol. The van der Waals surface area contributed by atoms with Gasteiger partial charge in [-0.2, -0.15) is 0 Å². The molecule has 4 nitrogen and oxygen atoms in total. The maximum absolute atomic E-state index is 10.9. The number of rotatable bonds is 5. The van der Waals surface area contributed by atoms with Gasteiger partial charge in [0.2, 0.25) is 0 Å². The first kappa shape index (κ1) is 16.0. The molecule has 0 bridgehead atoms. The van der Waals surface area contributed by atoms with Crippen molar-refractivity contribution in [1.82, 2.24) is 0 Å². The van der Waals surface area contributed by atoms with Crippen LogP contribution in [0.5, 0.6) is 0 Å². The molecule has 0 aliphatic carbocycles. The summed E-state index contributed by atoms with van der Waals surface area (Å²) in [6, 6.07) is 13.2. The van der Waals surface area contributed by atoms with Crippen molar-refractivity contribution in [2.75, 3.05) is 0 Å². The zero-order chi connectivity index (χ0) is 15.4. The van der Waals surface area contributed by atoms with Crippen molar-refractivity contribution < 1.29 is 4.92 Å². The topological polar surface area (TPSA) is 69.2 Å². The van der Waals surface area contributed by atoms with E-state index in [1.54, 1.807) is 17.8 Å². The molecule has 1 unspecified atom stereocenters. The van der Waals surface area contributed by atoms with E-state index in [0.29, 0.717) is 10.2 Å². The molecule has 2 aromatic carbocycles. The number of hydrogen-bond donors (Lipinski definition) is 1. The Labute approximate surface area is 136 Å². The molecule has 0 aliphatic heterocycles. The molecule has 2 aromatic rings. The van der Waals surface area contributed by atoms with Crippen LogP contribution >= 0.6 is 27.7 Å². The van der Waals surface area contributed by atoms with Crippen LogP contribution in [0.2, 0.25) is 0 Å². The van der Waals surface area contributed by atoms with Crippen molar-refractivity contribution in [3.8, 4) is 0 Å². The smallest absolute Gasteiger partial charge is 0.283 e. The van der Waals surface area contributed by atoms with E-state index in [4.69, 9.17) is 5.73 Å². The first-order valence-corrected chi connectivity index (χ1v) is 8.17. The summed E-state index contributed by atoms with van der Waals surface area (Å²) in [4.78, 5) is 11.6. The average Bonchev–Trinajstić information content (AvgIpc) is 2.46. The van der Waals surface area contributed by atoms with Gasteiger partial charge >= 0.3 is 0 Å². The fourth-order valence-electron chi connectivity index (χ4n) is 1.85. The summed E-state index contributed by atoms with van der Waals surface area (Å²) in [7, 11) is 0. The molecule has 0 saturated heterocycles. The third-order valence-electron chi connectivity index (χ3n) is 3.06. The van der Waals surface area contributed by atoms with Crippen LogP contribution in [0.1, 0.15) is 24.1 Å². The number of nitro benzene ring substituents is 1. The van der Waals surface area contributed by atoms with E-state index in [1.807, 2.05) is 37.3 Å². The largest absolute Gasteiger partial charge is 0.324 e. The molecule has 0 amide bonds. The Kier molecular flexibility index (Phi) is 5.39. The first-order chi connectivity index (χ1) is 9.99. The Hall–Kier alpha value is -1.37. The van der Waals surface area contributed by atoms with E-state index in [9.17, 15) is 10.1 Å². The normalized spacial score (nSPS) is 12.1. The molecule has 2 N–H and O–H groups in total. The Morgan fingerprint density at radius 1 is 1.29 bits per heavy atom. The van der Waals surface area contributed by atoms with Crippen LogP contribution in [0, 0.1) is 10.1 Å². The van der Waals surface area contributed by atoms with Gasteiger partial charge in [0.1, 0.15) is 0 Å². The molecule has 0 radical (unpaired) electrons. The quantitative estimate of drug-likeness (QED) is 0.474. The number of thioether (sulfide) groups is 1. The van der Waals surface area contributed by atoms with Gasteiger partial charge in [0.25, 0.3) is 5.69 Å². The molecule has 0 spiro atoms. The SMILES string of the molecule is CC(N)c1ccc(SCc2cccc([N+](=O)[O-])c2Br)cc1. The third-order valence-corrected chi connectivity index (χ3v) is 5.03. The van der Waals surface area contributed by atoms with Crippen LogP contribution < -0.4 is 5.73 Å². The zero-order valence-electron chi connectivity index (χ0n) is 11.5. The van der Waals surface area contributed by atoms with Crippen molar-refractivity contribution in [1.29, 1.82) is 0 Å². The van der Waals surface area contributed by atoms with E-state index in [2.05, 4.69) is 15.9 Å². The lowest BCUT2D eigenvalue weighted by Gasteiger charge is -2.08. The summed E-state index contributed by atoms with van der Waals surface area (Å²) in [5, 5.41) is 10.9. The molecular weight excluding hydrogens is 352 g/mol. The van der Waals surface area contributed by atoms with Crippen LogP contribution in [0.4, 0.5) is 5.69 Å². The van der Waals surface area contributed by atoms with Crippen LogP contribution in [0.3, 0.4) is 0 Å².